The molecule has 1 aliphatic heterocycles. The van der Waals surface area contributed by atoms with Gasteiger partial charge in [0.1, 0.15) is 5.60 Å². The van der Waals surface area contributed by atoms with E-state index in [-0.39, 0.29) is 12.0 Å². The lowest BCUT2D eigenvalue weighted by atomic mass is 9.96. The van der Waals surface area contributed by atoms with E-state index in [4.69, 9.17) is 16.3 Å². The van der Waals surface area contributed by atoms with E-state index in [2.05, 4.69) is 15.4 Å². The Hall–Kier alpha value is -2.94. The minimum atomic E-state index is -0.498. The Morgan fingerprint density at radius 3 is 2.59 bits per heavy atom. The molecule has 3 rings (SSSR count). The molecule has 0 atom stereocenters. The first-order chi connectivity index (χ1) is 16.0. The predicted octanol–water partition coefficient (Wildman–Crippen LogP) is 3.80. The maximum Gasteiger partial charge on any atom is 0.410 e. The van der Waals surface area contributed by atoms with Crippen LogP contribution in [0.2, 0.25) is 5.02 Å². The molecule has 1 saturated heterocycles. The highest BCUT2D eigenvalue weighted by molar-refractivity contribution is 6.30. The SMILES string of the molecule is Cc1nnn(Cc2cc(Cl)ccc2C=CC(=O)N(C)CC2CCN(C(=O)OC(C)(C)C)CC2)n1. The normalized spacial score (nSPS) is 15.1. The summed E-state index contributed by atoms with van der Waals surface area (Å²) in [6.45, 7) is 9.70. The minimum absolute atomic E-state index is 0.0785. The van der Waals surface area contributed by atoms with Gasteiger partial charge in [-0.05, 0) is 81.0 Å². The lowest BCUT2D eigenvalue weighted by molar-refractivity contribution is -0.125. The summed E-state index contributed by atoms with van der Waals surface area (Å²) in [5.41, 5.74) is 1.26. The first kappa shape index (κ1) is 25.7. The smallest absolute Gasteiger partial charge is 0.410 e. The highest BCUT2D eigenvalue weighted by atomic mass is 35.5. The molecule has 2 aromatic rings. The van der Waals surface area contributed by atoms with Gasteiger partial charge in [0, 0.05) is 37.8 Å². The average Bonchev–Trinajstić information content (AvgIpc) is 3.16. The number of hydrogen-bond acceptors (Lipinski definition) is 6. The van der Waals surface area contributed by atoms with Gasteiger partial charge in [-0.3, -0.25) is 4.79 Å². The summed E-state index contributed by atoms with van der Waals surface area (Å²) < 4.78 is 5.45. The summed E-state index contributed by atoms with van der Waals surface area (Å²) in [5, 5.41) is 12.7. The molecule has 1 aromatic carbocycles. The van der Waals surface area contributed by atoms with Crippen LogP contribution in [0.4, 0.5) is 4.79 Å². The van der Waals surface area contributed by atoms with Crippen molar-refractivity contribution < 1.29 is 14.3 Å². The number of carbonyl (C=O) groups excluding carboxylic acids is 2. The zero-order valence-electron chi connectivity index (χ0n) is 20.5. The largest absolute Gasteiger partial charge is 0.444 e. The van der Waals surface area contributed by atoms with Crippen molar-refractivity contribution in [3.05, 3.63) is 46.2 Å². The van der Waals surface area contributed by atoms with Gasteiger partial charge in [0.2, 0.25) is 5.91 Å². The molecule has 10 heteroatoms. The number of ether oxygens (including phenoxy) is 1. The third-order valence-electron chi connectivity index (χ3n) is 5.55. The summed E-state index contributed by atoms with van der Waals surface area (Å²) in [4.78, 5) is 30.0. The molecule has 1 aromatic heterocycles. The first-order valence-electron chi connectivity index (χ1n) is 11.4. The second-order valence-electron chi connectivity index (χ2n) is 9.67. The molecule has 1 aliphatic rings. The van der Waals surface area contributed by atoms with Crippen LogP contribution in [0.15, 0.2) is 24.3 Å². The fourth-order valence-electron chi connectivity index (χ4n) is 3.81. The Balaban J connectivity index is 1.54. The number of piperidine rings is 1. The lowest BCUT2D eigenvalue weighted by Gasteiger charge is -2.34. The number of amides is 2. The van der Waals surface area contributed by atoms with Gasteiger partial charge >= 0.3 is 6.09 Å². The molecule has 0 radical (unpaired) electrons. The van der Waals surface area contributed by atoms with Gasteiger partial charge in [0.05, 0.1) is 6.54 Å². The third kappa shape index (κ3) is 7.55. The Morgan fingerprint density at radius 2 is 1.97 bits per heavy atom. The van der Waals surface area contributed by atoms with Gasteiger partial charge in [-0.1, -0.05) is 17.7 Å². The van der Waals surface area contributed by atoms with E-state index in [1.54, 1.807) is 42.0 Å². The van der Waals surface area contributed by atoms with E-state index >= 15 is 0 Å². The number of benzene rings is 1. The second-order valence-corrected chi connectivity index (χ2v) is 10.1. The molecule has 184 valence electrons. The molecule has 0 spiro atoms. The summed E-state index contributed by atoms with van der Waals surface area (Å²) >= 11 is 6.17. The zero-order chi connectivity index (χ0) is 24.9. The van der Waals surface area contributed by atoms with Crippen molar-refractivity contribution in [3.63, 3.8) is 0 Å². The van der Waals surface area contributed by atoms with Crippen LogP contribution in [0.1, 0.15) is 50.6 Å². The second kappa shape index (κ2) is 11.0. The first-order valence-corrected chi connectivity index (χ1v) is 11.8. The van der Waals surface area contributed by atoms with Crippen molar-refractivity contribution in [1.29, 1.82) is 0 Å². The molecule has 0 N–H and O–H groups in total. The Kier molecular flexibility index (Phi) is 8.30. The molecule has 0 bridgehead atoms. The quantitative estimate of drug-likeness (QED) is 0.574. The van der Waals surface area contributed by atoms with Crippen LogP contribution in [0.3, 0.4) is 0 Å². The van der Waals surface area contributed by atoms with Crippen LogP contribution in [-0.4, -0.2) is 74.3 Å². The van der Waals surface area contributed by atoms with Gasteiger partial charge in [0.25, 0.3) is 0 Å². The number of hydrogen-bond donors (Lipinski definition) is 0. The molecule has 0 unspecified atom stereocenters. The number of aromatic nitrogens is 4. The van der Waals surface area contributed by atoms with Crippen molar-refractivity contribution in [2.75, 3.05) is 26.7 Å². The predicted molar refractivity (Wildman–Crippen MR) is 130 cm³/mol. The average molecular weight is 489 g/mol. The fraction of sp³-hybridized carbons (Fsp3) is 0.542. The van der Waals surface area contributed by atoms with Crippen LogP contribution in [0.5, 0.6) is 0 Å². The summed E-state index contributed by atoms with van der Waals surface area (Å²) in [7, 11) is 1.80. The highest BCUT2D eigenvalue weighted by Crippen LogP contribution is 2.21. The van der Waals surface area contributed by atoms with Gasteiger partial charge in [0.15, 0.2) is 5.82 Å². The van der Waals surface area contributed by atoms with E-state index in [9.17, 15) is 9.59 Å². The maximum atomic E-state index is 12.7. The molecule has 1 fully saturated rings. The summed E-state index contributed by atoms with van der Waals surface area (Å²) in [6, 6.07) is 5.50. The Labute approximate surface area is 205 Å². The number of likely N-dealkylation sites (N-methyl/N-ethyl adjacent to an activating group) is 1. The van der Waals surface area contributed by atoms with Gasteiger partial charge in [-0.25, -0.2) is 4.79 Å². The lowest BCUT2D eigenvalue weighted by Crippen LogP contribution is -2.43. The fourth-order valence-corrected chi connectivity index (χ4v) is 4.00. The molecule has 34 heavy (non-hydrogen) atoms. The van der Waals surface area contributed by atoms with Crippen LogP contribution >= 0.6 is 11.6 Å². The maximum absolute atomic E-state index is 12.7. The number of rotatable bonds is 6. The van der Waals surface area contributed by atoms with Gasteiger partial charge in [-0.2, -0.15) is 4.80 Å². The van der Waals surface area contributed by atoms with Crippen LogP contribution in [-0.2, 0) is 16.1 Å². The topological polar surface area (TPSA) is 93.5 Å². The molecule has 2 heterocycles. The summed E-state index contributed by atoms with van der Waals surface area (Å²) in [6.07, 6.45) is 4.77. The number of likely N-dealkylation sites (tertiary alicyclic amines) is 1. The number of nitrogens with zero attached hydrogens (tertiary/aromatic N) is 6. The number of tetrazole rings is 1. The molecule has 0 saturated carbocycles. The zero-order valence-corrected chi connectivity index (χ0v) is 21.2. The van der Waals surface area contributed by atoms with Crippen LogP contribution in [0.25, 0.3) is 6.08 Å². The van der Waals surface area contributed by atoms with Crippen molar-refractivity contribution >= 4 is 29.7 Å². The van der Waals surface area contributed by atoms with Crippen molar-refractivity contribution in [2.24, 2.45) is 5.92 Å². The van der Waals surface area contributed by atoms with E-state index in [0.717, 1.165) is 24.0 Å². The molecule has 9 nitrogen and oxygen atoms in total. The van der Waals surface area contributed by atoms with E-state index in [0.29, 0.717) is 42.9 Å². The van der Waals surface area contributed by atoms with Gasteiger partial charge in [-0.15, -0.1) is 10.2 Å². The molecular formula is C24H33ClN6O3. The number of carbonyl (C=O) groups is 2. The number of aryl methyl sites for hydroxylation is 1. The third-order valence-corrected chi connectivity index (χ3v) is 5.78. The van der Waals surface area contributed by atoms with Crippen molar-refractivity contribution in [3.8, 4) is 0 Å². The molecule has 0 aliphatic carbocycles. The Morgan fingerprint density at radius 1 is 1.26 bits per heavy atom. The van der Waals surface area contributed by atoms with Crippen molar-refractivity contribution in [2.45, 2.75) is 52.7 Å². The van der Waals surface area contributed by atoms with Crippen LogP contribution in [0, 0.1) is 12.8 Å². The van der Waals surface area contributed by atoms with E-state index in [1.807, 2.05) is 32.9 Å². The monoisotopic (exact) mass is 488 g/mol. The van der Waals surface area contributed by atoms with Crippen LogP contribution < -0.4 is 0 Å². The van der Waals surface area contributed by atoms with E-state index < -0.39 is 5.60 Å². The molecule has 2 amide bonds. The Bertz CT molecular complexity index is 1040. The minimum Gasteiger partial charge on any atom is -0.444 e. The van der Waals surface area contributed by atoms with Crippen molar-refractivity contribution in [1.82, 2.24) is 30.0 Å². The van der Waals surface area contributed by atoms with E-state index in [1.165, 1.54) is 4.80 Å². The molecular weight excluding hydrogens is 456 g/mol. The standard InChI is InChI=1S/C24H33ClN6O3/c1-17-26-28-31(27-17)16-20-14-21(25)8-6-19(20)7-9-22(32)29(5)15-18-10-12-30(13-11-18)23(33)34-24(2,3)4/h6-9,14,18H,10-13,15-16H2,1-5H3. The van der Waals surface area contributed by atoms with Gasteiger partial charge < -0.3 is 14.5 Å². The summed E-state index contributed by atoms with van der Waals surface area (Å²) in [5.74, 6) is 0.854. The highest BCUT2D eigenvalue weighted by Gasteiger charge is 2.27. The number of halogens is 1.